The molecular formula is C14H15N3O4S. The second-order valence-corrected chi connectivity index (χ2v) is 5.18. The van der Waals surface area contributed by atoms with E-state index < -0.39 is 5.97 Å². The van der Waals surface area contributed by atoms with Crippen molar-refractivity contribution in [1.82, 2.24) is 10.4 Å². The Morgan fingerprint density at radius 3 is 3.00 bits per heavy atom. The number of nitrogens with one attached hydrogen (secondary N) is 1. The van der Waals surface area contributed by atoms with Crippen LogP contribution in [0.1, 0.15) is 20.9 Å². The number of phenolic OH excluding ortho intramolecular Hbond substituents is 2. The lowest BCUT2D eigenvalue weighted by Crippen LogP contribution is -2.10. The number of aryl methyl sites for hydroxylation is 1. The predicted octanol–water partition coefficient (Wildman–Crippen LogP) is 1.80. The number of rotatable bonds is 6. The minimum Gasteiger partial charge on any atom is -0.508 e. The molecule has 2 rings (SSSR count). The normalized spacial score (nSPS) is 10.8. The highest BCUT2D eigenvalue weighted by Gasteiger charge is 2.12. The average Bonchev–Trinajstić information content (AvgIpc) is 2.90. The third kappa shape index (κ3) is 4.19. The van der Waals surface area contributed by atoms with Gasteiger partial charge >= 0.3 is 5.97 Å². The lowest BCUT2D eigenvalue weighted by atomic mass is 10.2. The fourth-order valence-electron chi connectivity index (χ4n) is 1.61. The van der Waals surface area contributed by atoms with Gasteiger partial charge in [-0.15, -0.1) is 11.3 Å². The maximum absolute atomic E-state index is 11.7. The van der Waals surface area contributed by atoms with Crippen LogP contribution in [0.25, 0.3) is 0 Å². The van der Waals surface area contributed by atoms with Crippen LogP contribution in [0, 0.1) is 6.92 Å². The molecule has 0 amide bonds. The van der Waals surface area contributed by atoms with Gasteiger partial charge < -0.3 is 20.4 Å². The number of carbonyl (C=O) groups excluding carboxylic acids is 1. The number of esters is 1. The summed E-state index contributed by atoms with van der Waals surface area (Å²) in [5, 5.41) is 22.6. The van der Waals surface area contributed by atoms with Crippen molar-refractivity contribution in [3.8, 4) is 11.5 Å². The molecule has 0 unspecified atom stereocenters. The number of hydrogen-bond acceptors (Lipinski definition) is 8. The van der Waals surface area contributed by atoms with Gasteiger partial charge in [-0.1, -0.05) is 0 Å². The van der Waals surface area contributed by atoms with E-state index in [1.165, 1.54) is 29.7 Å². The molecule has 22 heavy (non-hydrogen) atoms. The summed E-state index contributed by atoms with van der Waals surface area (Å²) in [6.07, 6.45) is 1.41. The van der Waals surface area contributed by atoms with Gasteiger partial charge in [-0.25, -0.2) is 9.78 Å². The number of hydrogen-bond donors (Lipinski definition) is 3. The second-order valence-electron chi connectivity index (χ2n) is 4.32. The van der Waals surface area contributed by atoms with Gasteiger partial charge in [0.1, 0.15) is 23.0 Å². The maximum atomic E-state index is 11.7. The van der Waals surface area contributed by atoms with Crippen LogP contribution < -0.4 is 5.43 Å². The van der Waals surface area contributed by atoms with Crippen molar-refractivity contribution in [2.45, 2.75) is 13.5 Å². The predicted molar refractivity (Wildman–Crippen MR) is 82.2 cm³/mol. The molecule has 0 saturated carbocycles. The number of carbonyl (C=O) groups is 1. The topological polar surface area (TPSA) is 104 Å². The number of aromatic hydroxyl groups is 2. The molecule has 7 nitrogen and oxygen atoms in total. The van der Waals surface area contributed by atoms with Gasteiger partial charge in [0.05, 0.1) is 24.0 Å². The van der Waals surface area contributed by atoms with Gasteiger partial charge in [-0.2, -0.15) is 5.10 Å². The molecule has 0 bridgehead atoms. The quantitative estimate of drug-likeness (QED) is 0.426. The fraction of sp³-hybridized carbons (Fsp3) is 0.214. The molecule has 0 saturated heterocycles. The minimum absolute atomic E-state index is 0.00461. The highest BCUT2D eigenvalue weighted by atomic mass is 32.1. The summed E-state index contributed by atoms with van der Waals surface area (Å²) in [5.74, 6) is -0.451. The van der Waals surface area contributed by atoms with Crippen LogP contribution in [0.4, 0.5) is 0 Å². The summed E-state index contributed by atoms with van der Waals surface area (Å²) in [7, 11) is 0. The molecule has 0 atom stereocenters. The summed E-state index contributed by atoms with van der Waals surface area (Å²) in [6, 6.07) is 4.30. The van der Waals surface area contributed by atoms with Crippen LogP contribution in [0.5, 0.6) is 11.5 Å². The molecule has 0 aliphatic rings. The Morgan fingerprint density at radius 1 is 1.50 bits per heavy atom. The minimum atomic E-state index is -0.428. The molecule has 3 N–H and O–H groups in total. The van der Waals surface area contributed by atoms with Crippen molar-refractivity contribution in [3.05, 3.63) is 39.8 Å². The van der Waals surface area contributed by atoms with Gasteiger partial charge in [-0.3, -0.25) is 0 Å². The van der Waals surface area contributed by atoms with Crippen LogP contribution in [0.15, 0.2) is 28.8 Å². The fourth-order valence-corrected chi connectivity index (χ4v) is 2.31. The summed E-state index contributed by atoms with van der Waals surface area (Å²) < 4.78 is 5.02. The average molecular weight is 321 g/mol. The number of benzene rings is 1. The van der Waals surface area contributed by atoms with Crippen molar-refractivity contribution in [3.63, 3.8) is 0 Å². The summed E-state index contributed by atoms with van der Waals surface area (Å²) >= 11 is 1.23. The Bertz CT molecular complexity index is 684. The molecular weight excluding hydrogens is 306 g/mol. The van der Waals surface area contributed by atoms with Crippen LogP contribution >= 0.6 is 11.3 Å². The Balaban J connectivity index is 1.72. The SMILES string of the molecule is Cc1ncsc1C(=O)OC/C=N/NCc1ccc(O)cc1O. The number of thiazole rings is 1. The Morgan fingerprint density at radius 2 is 2.32 bits per heavy atom. The number of hydrazone groups is 1. The van der Waals surface area contributed by atoms with Crippen molar-refractivity contribution in [1.29, 1.82) is 0 Å². The van der Waals surface area contributed by atoms with E-state index in [9.17, 15) is 9.90 Å². The third-order valence-corrected chi connectivity index (χ3v) is 3.65. The van der Waals surface area contributed by atoms with Crippen LogP contribution in [0.2, 0.25) is 0 Å². The molecule has 1 aromatic carbocycles. The molecule has 0 aliphatic carbocycles. The molecule has 1 heterocycles. The first-order valence-corrected chi connectivity index (χ1v) is 7.28. The largest absolute Gasteiger partial charge is 0.508 e. The van der Waals surface area contributed by atoms with E-state index in [2.05, 4.69) is 15.5 Å². The van der Waals surface area contributed by atoms with E-state index in [0.717, 1.165) is 0 Å². The summed E-state index contributed by atoms with van der Waals surface area (Å²) in [4.78, 5) is 16.1. The van der Waals surface area contributed by atoms with Gasteiger partial charge in [0.15, 0.2) is 0 Å². The first-order valence-electron chi connectivity index (χ1n) is 6.40. The van der Waals surface area contributed by atoms with E-state index >= 15 is 0 Å². The number of aromatic nitrogens is 1. The number of nitrogens with zero attached hydrogens (tertiary/aromatic N) is 2. The van der Waals surface area contributed by atoms with E-state index in [1.807, 2.05) is 0 Å². The van der Waals surface area contributed by atoms with Gasteiger partial charge in [0.2, 0.25) is 0 Å². The summed E-state index contributed by atoms with van der Waals surface area (Å²) in [5.41, 5.74) is 5.53. The van der Waals surface area contributed by atoms with Crippen LogP contribution in [-0.2, 0) is 11.3 Å². The van der Waals surface area contributed by atoms with E-state index in [1.54, 1.807) is 18.5 Å². The zero-order valence-electron chi connectivity index (χ0n) is 11.8. The van der Waals surface area contributed by atoms with Gasteiger partial charge in [-0.05, 0) is 19.1 Å². The molecule has 0 aliphatic heterocycles. The van der Waals surface area contributed by atoms with E-state index in [4.69, 9.17) is 9.84 Å². The lowest BCUT2D eigenvalue weighted by Gasteiger charge is -2.04. The monoisotopic (exact) mass is 321 g/mol. The van der Waals surface area contributed by atoms with Gasteiger partial charge in [0, 0.05) is 11.6 Å². The van der Waals surface area contributed by atoms with Crippen molar-refractivity contribution in [2.75, 3.05) is 6.61 Å². The van der Waals surface area contributed by atoms with Crippen molar-refractivity contribution >= 4 is 23.5 Å². The molecule has 0 fully saturated rings. The summed E-state index contributed by atoms with van der Waals surface area (Å²) in [6.45, 7) is 2.06. The van der Waals surface area contributed by atoms with Gasteiger partial charge in [0.25, 0.3) is 0 Å². The standard InChI is InChI=1S/C14H15N3O4S/c1-9-13(22-8-15-9)14(20)21-5-4-16-17-7-10-2-3-11(18)6-12(10)19/h2-4,6,8,17-19H,5,7H2,1H3/b16-4+. The Hall–Kier alpha value is -2.61. The first-order chi connectivity index (χ1) is 10.6. The zero-order valence-corrected chi connectivity index (χ0v) is 12.6. The molecule has 8 heteroatoms. The zero-order chi connectivity index (χ0) is 15.9. The molecule has 116 valence electrons. The van der Waals surface area contributed by atoms with E-state index in [-0.39, 0.29) is 24.7 Å². The smallest absolute Gasteiger partial charge is 0.350 e. The van der Waals surface area contributed by atoms with Crippen LogP contribution in [-0.4, -0.2) is 34.0 Å². The molecule has 2 aromatic rings. The lowest BCUT2D eigenvalue weighted by molar-refractivity contribution is 0.0571. The second kappa shape index (κ2) is 7.41. The van der Waals surface area contributed by atoms with E-state index in [0.29, 0.717) is 16.1 Å². The van der Waals surface area contributed by atoms with Crippen molar-refractivity contribution in [2.24, 2.45) is 5.10 Å². The highest BCUT2D eigenvalue weighted by molar-refractivity contribution is 7.11. The van der Waals surface area contributed by atoms with Crippen molar-refractivity contribution < 1.29 is 19.7 Å². The first kappa shape index (κ1) is 15.8. The van der Waals surface area contributed by atoms with Crippen LogP contribution in [0.3, 0.4) is 0 Å². The number of ether oxygens (including phenoxy) is 1. The Kier molecular flexibility index (Phi) is 5.31. The third-order valence-electron chi connectivity index (χ3n) is 2.74. The molecule has 1 aromatic heterocycles. The maximum Gasteiger partial charge on any atom is 0.350 e. The molecule has 0 spiro atoms. The molecule has 0 radical (unpaired) electrons. The highest BCUT2D eigenvalue weighted by Crippen LogP contribution is 2.22. The Labute approximate surface area is 130 Å². The number of phenols is 2.